The molecule has 144 valence electrons. The van der Waals surface area contributed by atoms with Gasteiger partial charge >= 0.3 is 5.97 Å². The van der Waals surface area contributed by atoms with E-state index in [1.807, 2.05) is 6.92 Å². The molecule has 0 aromatic heterocycles. The van der Waals surface area contributed by atoms with Gasteiger partial charge in [-0.2, -0.15) is 0 Å². The SMILES string of the molecule is C=C[C@@](C)(O)CC[C@H]1[C@@]2(C)CCCC(C)(C)[C@H]2CC[C@]1(C)OC(C)=O. The van der Waals surface area contributed by atoms with E-state index < -0.39 is 11.2 Å². The lowest BCUT2D eigenvalue weighted by Crippen LogP contribution is -2.59. The molecule has 25 heavy (non-hydrogen) atoms. The molecule has 5 atom stereocenters. The van der Waals surface area contributed by atoms with Crippen LogP contribution in [0.15, 0.2) is 12.7 Å². The predicted molar refractivity (Wildman–Crippen MR) is 102 cm³/mol. The van der Waals surface area contributed by atoms with E-state index in [0.29, 0.717) is 17.8 Å². The number of hydrogen-bond acceptors (Lipinski definition) is 3. The second-order valence-electron chi connectivity index (χ2n) is 10.00. The van der Waals surface area contributed by atoms with Crippen LogP contribution >= 0.6 is 0 Å². The predicted octanol–water partition coefficient (Wildman–Crippen LogP) is 5.27. The van der Waals surface area contributed by atoms with Crippen LogP contribution in [0.3, 0.4) is 0 Å². The molecule has 0 unspecified atom stereocenters. The first-order chi connectivity index (χ1) is 11.4. The zero-order valence-corrected chi connectivity index (χ0v) is 17.2. The minimum atomic E-state index is -0.870. The first-order valence-corrected chi connectivity index (χ1v) is 9.92. The van der Waals surface area contributed by atoms with Gasteiger partial charge in [0.2, 0.25) is 0 Å². The van der Waals surface area contributed by atoms with Crippen LogP contribution in [-0.2, 0) is 9.53 Å². The van der Waals surface area contributed by atoms with Crippen molar-refractivity contribution in [3.63, 3.8) is 0 Å². The second-order valence-corrected chi connectivity index (χ2v) is 10.00. The largest absolute Gasteiger partial charge is 0.459 e. The van der Waals surface area contributed by atoms with Crippen LogP contribution in [-0.4, -0.2) is 22.3 Å². The van der Waals surface area contributed by atoms with E-state index in [1.165, 1.54) is 26.2 Å². The molecule has 2 fully saturated rings. The third-order valence-electron chi connectivity index (χ3n) is 7.49. The molecule has 0 bridgehead atoms. The number of hydrogen-bond donors (Lipinski definition) is 1. The van der Waals surface area contributed by atoms with Crippen molar-refractivity contribution >= 4 is 5.97 Å². The van der Waals surface area contributed by atoms with Crippen LogP contribution in [0, 0.1) is 22.7 Å². The molecule has 3 nitrogen and oxygen atoms in total. The highest BCUT2D eigenvalue weighted by molar-refractivity contribution is 5.66. The van der Waals surface area contributed by atoms with Gasteiger partial charge in [0.1, 0.15) is 5.60 Å². The standard InChI is InChI=1S/C22H38O3/c1-8-20(5,24)14-10-18-21(6)13-9-12-19(3,4)17(21)11-15-22(18,7)25-16(2)23/h8,17-18,24H,1,9-15H2,2-7H3/t17-,18+,20-,21+,22+/m1/s1. The van der Waals surface area contributed by atoms with Crippen molar-refractivity contribution in [1.82, 2.24) is 0 Å². The number of esters is 1. The van der Waals surface area contributed by atoms with Gasteiger partial charge in [-0.15, -0.1) is 6.58 Å². The lowest BCUT2D eigenvalue weighted by Gasteiger charge is -2.62. The zero-order valence-electron chi connectivity index (χ0n) is 17.2. The zero-order chi connectivity index (χ0) is 19.1. The third kappa shape index (κ3) is 3.97. The number of carbonyl (C=O) groups is 1. The molecule has 2 saturated carbocycles. The minimum Gasteiger partial charge on any atom is -0.459 e. The molecule has 0 aromatic carbocycles. The maximum absolute atomic E-state index is 11.8. The first kappa shape index (κ1) is 20.5. The quantitative estimate of drug-likeness (QED) is 0.543. The summed E-state index contributed by atoms with van der Waals surface area (Å²) in [6.07, 6.45) is 8.84. The maximum atomic E-state index is 11.8. The Kier molecular flexibility index (Phi) is 5.50. The minimum absolute atomic E-state index is 0.140. The van der Waals surface area contributed by atoms with Crippen LogP contribution in [0.1, 0.15) is 86.5 Å². The van der Waals surface area contributed by atoms with Gasteiger partial charge in [0.15, 0.2) is 0 Å². The second kappa shape index (κ2) is 6.72. The van der Waals surface area contributed by atoms with E-state index in [1.54, 1.807) is 6.08 Å². The molecule has 2 aliphatic carbocycles. The number of aliphatic hydroxyl groups is 1. The van der Waals surface area contributed by atoms with Gasteiger partial charge in [0.25, 0.3) is 0 Å². The van der Waals surface area contributed by atoms with Gasteiger partial charge in [0, 0.05) is 12.8 Å². The molecule has 0 spiro atoms. The Hall–Kier alpha value is -0.830. The van der Waals surface area contributed by atoms with Crippen LogP contribution in [0.5, 0.6) is 0 Å². The molecule has 0 aromatic rings. The summed E-state index contributed by atoms with van der Waals surface area (Å²) >= 11 is 0. The van der Waals surface area contributed by atoms with Crippen LogP contribution in [0.25, 0.3) is 0 Å². The smallest absolute Gasteiger partial charge is 0.303 e. The van der Waals surface area contributed by atoms with Crippen molar-refractivity contribution in [2.24, 2.45) is 22.7 Å². The molecule has 2 aliphatic rings. The molecule has 3 heteroatoms. The Labute approximate surface area is 154 Å². The van der Waals surface area contributed by atoms with Crippen LogP contribution < -0.4 is 0 Å². The van der Waals surface area contributed by atoms with E-state index in [-0.39, 0.29) is 17.3 Å². The van der Waals surface area contributed by atoms with E-state index >= 15 is 0 Å². The van der Waals surface area contributed by atoms with Crippen molar-refractivity contribution in [2.75, 3.05) is 0 Å². The van der Waals surface area contributed by atoms with E-state index in [4.69, 9.17) is 4.74 Å². The van der Waals surface area contributed by atoms with Crippen LogP contribution in [0.2, 0.25) is 0 Å². The summed E-state index contributed by atoms with van der Waals surface area (Å²) in [5.74, 6) is 0.699. The van der Waals surface area contributed by atoms with Gasteiger partial charge < -0.3 is 9.84 Å². The molecule has 1 N–H and O–H groups in total. The fourth-order valence-corrected chi connectivity index (χ4v) is 6.23. The monoisotopic (exact) mass is 350 g/mol. The van der Waals surface area contributed by atoms with Gasteiger partial charge in [0.05, 0.1) is 5.60 Å². The highest BCUT2D eigenvalue weighted by atomic mass is 16.6. The fourth-order valence-electron chi connectivity index (χ4n) is 6.23. The summed E-state index contributed by atoms with van der Waals surface area (Å²) < 4.78 is 5.93. The van der Waals surface area contributed by atoms with Gasteiger partial charge in [-0.05, 0) is 69.1 Å². The summed E-state index contributed by atoms with van der Waals surface area (Å²) in [4.78, 5) is 11.8. The van der Waals surface area contributed by atoms with Crippen molar-refractivity contribution < 1.29 is 14.6 Å². The molecule has 2 rings (SSSR count). The Balaban J connectivity index is 2.38. The summed E-state index contributed by atoms with van der Waals surface area (Å²) in [7, 11) is 0. The molecule has 0 heterocycles. The molecule has 0 amide bonds. The molecule has 0 radical (unpaired) electrons. The Morgan fingerprint density at radius 2 is 1.92 bits per heavy atom. The number of fused-ring (bicyclic) bond motifs is 1. The highest BCUT2D eigenvalue weighted by Gasteiger charge is 2.59. The van der Waals surface area contributed by atoms with Crippen molar-refractivity contribution in [3.05, 3.63) is 12.7 Å². The number of ether oxygens (including phenoxy) is 1. The van der Waals surface area contributed by atoms with E-state index in [2.05, 4.69) is 34.3 Å². The molecule has 0 aliphatic heterocycles. The Morgan fingerprint density at radius 3 is 2.48 bits per heavy atom. The Bertz CT molecular complexity index is 521. The molecular weight excluding hydrogens is 312 g/mol. The van der Waals surface area contributed by atoms with Crippen LogP contribution in [0.4, 0.5) is 0 Å². The normalized spacial score (nSPS) is 39.8. The van der Waals surface area contributed by atoms with Crippen molar-refractivity contribution in [2.45, 2.75) is 97.7 Å². The summed E-state index contributed by atoms with van der Waals surface area (Å²) in [5, 5.41) is 10.5. The topological polar surface area (TPSA) is 46.5 Å². The molecular formula is C22H38O3. The lowest BCUT2D eigenvalue weighted by atomic mass is 9.45. The van der Waals surface area contributed by atoms with Gasteiger partial charge in [-0.25, -0.2) is 0 Å². The lowest BCUT2D eigenvalue weighted by molar-refractivity contribution is -0.200. The van der Waals surface area contributed by atoms with Gasteiger partial charge in [-0.3, -0.25) is 4.79 Å². The number of carbonyl (C=O) groups excluding carboxylic acids is 1. The fraction of sp³-hybridized carbons (Fsp3) is 0.864. The Morgan fingerprint density at radius 1 is 1.28 bits per heavy atom. The van der Waals surface area contributed by atoms with Gasteiger partial charge in [-0.1, -0.05) is 33.3 Å². The summed E-state index contributed by atoms with van der Waals surface area (Å²) in [5.41, 5.74) is -0.850. The van der Waals surface area contributed by atoms with E-state index in [9.17, 15) is 9.90 Å². The summed E-state index contributed by atoms with van der Waals surface area (Å²) in [6, 6.07) is 0. The first-order valence-electron chi connectivity index (χ1n) is 9.92. The average Bonchev–Trinajstić information content (AvgIpc) is 2.44. The molecule has 0 saturated heterocycles. The maximum Gasteiger partial charge on any atom is 0.303 e. The highest BCUT2D eigenvalue weighted by Crippen LogP contribution is 2.63. The van der Waals surface area contributed by atoms with E-state index in [0.717, 1.165) is 19.3 Å². The average molecular weight is 351 g/mol. The number of rotatable bonds is 5. The third-order valence-corrected chi connectivity index (χ3v) is 7.49. The van der Waals surface area contributed by atoms with Crippen molar-refractivity contribution in [3.8, 4) is 0 Å². The van der Waals surface area contributed by atoms with Crippen molar-refractivity contribution in [1.29, 1.82) is 0 Å². The summed E-state index contributed by atoms with van der Waals surface area (Å²) in [6.45, 7) is 16.4.